The number of piperidine rings is 1. The monoisotopic (exact) mass is 466 g/mol. The maximum absolute atomic E-state index is 13.2. The molecule has 1 aliphatic heterocycles. The molecule has 1 fully saturated rings. The molecular weight excluding hydrogens is 440 g/mol. The smallest absolute Gasteiger partial charge is 0.253 e. The fraction of sp³-hybridized carbons (Fsp3) is 0.259. The minimum atomic E-state index is 0.0307. The molecule has 35 heavy (non-hydrogen) atoms. The van der Waals surface area contributed by atoms with Crippen LogP contribution in [0.3, 0.4) is 0 Å². The van der Waals surface area contributed by atoms with Gasteiger partial charge in [-0.05, 0) is 61.7 Å². The van der Waals surface area contributed by atoms with Crippen LogP contribution in [0, 0.1) is 6.92 Å². The first-order valence-corrected chi connectivity index (χ1v) is 11.9. The Kier molecular flexibility index (Phi) is 5.41. The largest absolute Gasteiger partial charge is 0.487 e. The fourth-order valence-electron chi connectivity index (χ4n) is 4.76. The normalized spacial score (nSPS) is 14.6. The molecule has 1 amide bonds. The number of amides is 1. The Morgan fingerprint density at radius 2 is 1.89 bits per heavy atom. The second kappa shape index (κ2) is 8.87. The van der Waals surface area contributed by atoms with Gasteiger partial charge in [0.25, 0.3) is 5.91 Å². The van der Waals surface area contributed by atoms with E-state index in [0.717, 1.165) is 35.7 Å². The van der Waals surface area contributed by atoms with Crippen LogP contribution >= 0.6 is 0 Å². The van der Waals surface area contributed by atoms with E-state index in [-0.39, 0.29) is 5.91 Å². The van der Waals surface area contributed by atoms with E-state index in [4.69, 9.17) is 4.74 Å². The van der Waals surface area contributed by atoms with Crippen molar-refractivity contribution in [1.82, 2.24) is 28.9 Å². The zero-order valence-corrected chi connectivity index (χ0v) is 19.5. The molecule has 5 heterocycles. The molecule has 6 rings (SSSR count). The van der Waals surface area contributed by atoms with Gasteiger partial charge in [0.1, 0.15) is 23.8 Å². The average molecular weight is 467 g/mol. The van der Waals surface area contributed by atoms with Crippen molar-refractivity contribution < 1.29 is 9.53 Å². The molecular formula is C27H26N6O2. The molecule has 0 spiro atoms. The molecule has 0 N–H and O–H groups in total. The number of carbonyl (C=O) groups excluding carboxylic acids is 1. The number of carbonyl (C=O) groups is 1. The number of benzene rings is 1. The quantitative estimate of drug-likeness (QED) is 0.386. The van der Waals surface area contributed by atoms with Gasteiger partial charge in [0.05, 0.1) is 5.69 Å². The first-order chi connectivity index (χ1) is 17.1. The molecule has 0 bridgehead atoms. The molecule has 0 atom stereocenters. The van der Waals surface area contributed by atoms with Crippen molar-refractivity contribution in [3.05, 3.63) is 95.8 Å². The number of fused-ring (bicyclic) bond motifs is 2. The molecule has 8 heteroatoms. The van der Waals surface area contributed by atoms with Gasteiger partial charge in [-0.25, -0.2) is 4.98 Å². The molecule has 0 radical (unpaired) electrons. The van der Waals surface area contributed by atoms with Gasteiger partial charge in [0.2, 0.25) is 0 Å². The van der Waals surface area contributed by atoms with Crippen LogP contribution in [0.5, 0.6) is 5.75 Å². The molecule has 1 aromatic carbocycles. The van der Waals surface area contributed by atoms with Crippen LogP contribution in [0.4, 0.5) is 0 Å². The van der Waals surface area contributed by atoms with Crippen LogP contribution in [0.25, 0.3) is 11.3 Å². The van der Waals surface area contributed by atoms with Gasteiger partial charge in [-0.2, -0.15) is 0 Å². The first-order valence-electron chi connectivity index (χ1n) is 11.9. The number of aryl methyl sites for hydroxylation is 1. The van der Waals surface area contributed by atoms with E-state index in [1.807, 2.05) is 86.9 Å². The first kappa shape index (κ1) is 21.3. The van der Waals surface area contributed by atoms with Crippen molar-refractivity contribution in [3.63, 3.8) is 0 Å². The van der Waals surface area contributed by atoms with E-state index in [1.165, 1.54) is 5.56 Å². The van der Waals surface area contributed by atoms with Crippen LogP contribution in [0.2, 0.25) is 0 Å². The summed E-state index contributed by atoms with van der Waals surface area (Å²) >= 11 is 0. The van der Waals surface area contributed by atoms with Crippen molar-refractivity contribution in [1.29, 1.82) is 0 Å². The number of nitrogens with zero attached hydrogens (tertiary/aromatic N) is 6. The van der Waals surface area contributed by atoms with Crippen LogP contribution in [-0.2, 0) is 6.61 Å². The lowest BCUT2D eigenvalue weighted by Gasteiger charge is -2.31. The van der Waals surface area contributed by atoms with Gasteiger partial charge in [-0.3, -0.25) is 9.20 Å². The van der Waals surface area contributed by atoms with Crippen molar-refractivity contribution in [3.8, 4) is 5.75 Å². The number of aromatic nitrogens is 5. The highest BCUT2D eigenvalue weighted by atomic mass is 16.5. The Labute approximate surface area is 202 Å². The van der Waals surface area contributed by atoms with Crippen molar-refractivity contribution in [2.75, 3.05) is 13.1 Å². The summed E-state index contributed by atoms with van der Waals surface area (Å²) in [5.41, 5.74) is 4.40. The van der Waals surface area contributed by atoms with E-state index in [9.17, 15) is 4.79 Å². The van der Waals surface area contributed by atoms with Crippen LogP contribution in [-0.4, -0.2) is 47.9 Å². The summed E-state index contributed by atoms with van der Waals surface area (Å²) in [6.45, 7) is 3.78. The van der Waals surface area contributed by atoms with Gasteiger partial charge in [-0.1, -0.05) is 18.2 Å². The molecule has 8 nitrogen and oxygen atoms in total. The zero-order valence-electron chi connectivity index (χ0n) is 19.5. The van der Waals surface area contributed by atoms with Crippen LogP contribution < -0.4 is 4.74 Å². The van der Waals surface area contributed by atoms with Gasteiger partial charge in [0.15, 0.2) is 5.65 Å². The summed E-state index contributed by atoms with van der Waals surface area (Å²) in [5, 5.41) is 8.68. The number of hydrogen-bond acceptors (Lipinski definition) is 5. The minimum Gasteiger partial charge on any atom is -0.487 e. The zero-order chi connectivity index (χ0) is 23.8. The van der Waals surface area contributed by atoms with Crippen LogP contribution in [0.1, 0.15) is 46.2 Å². The number of imidazole rings is 1. The van der Waals surface area contributed by atoms with Gasteiger partial charge >= 0.3 is 0 Å². The van der Waals surface area contributed by atoms with Crippen molar-refractivity contribution in [2.45, 2.75) is 32.3 Å². The lowest BCUT2D eigenvalue weighted by Crippen LogP contribution is -2.38. The Morgan fingerprint density at radius 1 is 1.00 bits per heavy atom. The molecule has 1 saturated heterocycles. The maximum atomic E-state index is 13.2. The van der Waals surface area contributed by atoms with Crippen LogP contribution in [0.15, 0.2) is 73.2 Å². The number of likely N-dealkylation sites (tertiary alicyclic amines) is 1. The Morgan fingerprint density at radius 3 is 2.77 bits per heavy atom. The Hall–Kier alpha value is -4.20. The van der Waals surface area contributed by atoms with Crippen molar-refractivity contribution >= 4 is 17.2 Å². The number of rotatable bonds is 5. The summed E-state index contributed by atoms with van der Waals surface area (Å²) in [4.78, 5) is 19.7. The molecule has 0 saturated carbocycles. The molecule has 4 aromatic heterocycles. The summed E-state index contributed by atoms with van der Waals surface area (Å²) in [6, 6.07) is 17.4. The number of ether oxygens (including phenoxy) is 1. The molecule has 5 aromatic rings. The predicted octanol–water partition coefficient (Wildman–Crippen LogP) is 4.28. The standard InChI is InChI=1S/C27H26N6O2/c1-19-8-9-24-28-22(17-32(24)16-19)18-35-23-6-4-5-21(15-23)27(34)31-13-10-20(11-14-31)26-30-29-25-7-2-3-12-33(25)26/h2-9,12,15-17,20H,10-11,13-14,18H2,1H3. The third-order valence-electron chi connectivity index (χ3n) is 6.60. The maximum Gasteiger partial charge on any atom is 0.253 e. The summed E-state index contributed by atoms with van der Waals surface area (Å²) in [5.74, 6) is 1.96. The number of pyridine rings is 2. The highest BCUT2D eigenvalue weighted by molar-refractivity contribution is 5.94. The van der Waals surface area contributed by atoms with E-state index in [1.54, 1.807) is 0 Å². The van der Waals surface area contributed by atoms with Crippen molar-refractivity contribution in [2.24, 2.45) is 0 Å². The SMILES string of the molecule is Cc1ccc2nc(COc3cccc(C(=O)N4CCC(c5nnc6ccccn56)CC4)c3)cn2c1. The summed E-state index contributed by atoms with van der Waals surface area (Å²) in [7, 11) is 0. The number of hydrogen-bond donors (Lipinski definition) is 0. The van der Waals surface area contributed by atoms with Gasteiger partial charge in [-0.15, -0.1) is 10.2 Å². The van der Waals surface area contributed by atoms with Gasteiger partial charge < -0.3 is 14.0 Å². The third-order valence-corrected chi connectivity index (χ3v) is 6.60. The Balaban J connectivity index is 1.09. The second-order valence-electron chi connectivity index (χ2n) is 9.07. The highest BCUT2D eigenvalue weighted by Crippen LogP contribution is 2.28. The predicted molar refractivity (Wildman–Crippen MR) is 132 cm³/mol. The fourth-order valence-corrected chi connectivity index (χ4v) is 4.76. The minimum absolute atomic E-state index is 0.0307. The molecule has 0 aliphatic carbocycles. The lowest BCUT2D eigenvalue weighted by atomic mass is 9.95. The van der Waals surface area contributed by atoms with Gasteiger partial charge in [0, 0.05) is 43.2 Å². The average Bonchev–Trinajstić information content (AvgIpc) is 3.51. The Bertz CT molecular complexity index is 1510. The van der Waals surface area contributed by atoms with E-state index in [2.05, 4.69) is 22.1 Å². The van der Waals surface area contributed by atoms with E-state index in [0.29, 0.717) is 36.9 Å². The summed E-state index contributed by atoms with van der Waals surface area (Å²) < 4.78 is 10.0. The highest BCUT2D eigenvalue weighted by Gasteiger charge is 2.27. The topological polar surface area (TPSA) is 77.0 Å². The molecule has 0 unspecified atom stereocenters. The van der Waals surface area contributed by atoms with E-state index < -0.39 is 0 Å². The second-order valence-corrected chi connectivity index (χ2v) is 9.07. The van der Waals surface area contributed by atoms with E-state index >= 15 is 0 Å². The third kappa shape index (κ3) is 4.23. The lowest BCUT2D eigenvalue weighted by molar-refractivity contribution is 0.0710. The summed E-state index contributed by atoms with van der Waals surface area (Å²) in [6.07, 6.45) is 7.75. The molecule has 176 valence electrons. The molecule has 1 aliphatic rings.